The van der Waals surface area contributed by atoms with Crippen molar-refractivity contribution < 1.29 is 13.9 Å². The number of nitriles is 1. The highest BCUT2D eigenvalue weighted by molar-refractivity contribution is 6.01. The molecule has 0 saturated carbocycles. The fourth-order valence-corrected chi connectivity index (χ4v) is 2.00. The number of ether oxygens (including phenoxy) is 1. The molecule has 2 heterocycles. The summed E-state index contributed by atoms with van der Waals surface area (Å²) in [7, 11) is 0. The van der Waals surface area contributed by atoms with Gasteiger partial charge in [-0.05, 0) is 19.9 Å². The molecule has 0 spiro atoms. The number of nitrogens with one attached hydrogen (secondary N) is 1. The van der Waals surface area contributed by atoms with E-state index in [4.69, 9.17) is 14.4 Å². The highest BCUT2D eigenvalue weighted by Crippen LogP contribution is 2.21. The van der Waals surface area contributed by atoms with E-state index in [2.05, 4.69) is 10.2 Å². The Balaban J connectivity index is 2.10. The first-order valence-electron chi connectivity index (χ1n) is 6.95. The van der Waals surface area contributed by atoms with Crippen LogP contribution in [0.1, 0.15) is 19.6 Å². The fraction of sp³-hybridized carbons (Fsp3) is 0.467. The number of rotatable bonds is 4. The molecule has 0 unspecified atom stereocenters. The summed E-state index contributed by atoms with van der Waals surface area (Å²) in [6.45, 7) is 6.58. The van der Waals surface area contributed by atoms with Crippen LogP contribution in [0, 0.1) is 11.3 Å². The van der Waals surface area contributed by atoms with Gasteiger partial charge in [0.05, 0.1) is 13.2 Å². The van der Waals surface area contributed by atoms with Gasteiger partial charge >= 0.3 is 0 Å². The third-order valence-corrected chi connectivity index (χ3v) is 3.01. The number of anilines is 1. The first-order chi connectivity index (χ1) is 10.1. The molecule has 1 N–H and O–H groups in total. The van der Waals surface area contributed by atoms with Crippen LogP contribution in [-0.4, -0.2) is 38.3 Å². The maximum absolute atomic E-state index is 11.8. The van der Waals surface area contributed by atoms with Gasteiger partial charge in [-0.2, -0.15) is 5.26 Å². The average Bonchev–Trinajstić information content (AvgIpc) is 2.93. The largest absolute Gasteiger partial charge is 0.441 e. The minimum absolute atomic E-state index is 0.0187. The van der Waals surface area contributed by atoms with Crippen LogP contribution in [0.5, 0.6) is 0 Å². The van der Waals surface area contributed by atoms with E-state index >= 15 is 0 Å². The highest BCUT2D eigenvalue weighted by atomic mass is 16.5. The van der Waals surface area contributed by atoms with Crippen molar-refractivity contribution in [3.63, 3.8) is 0 Å². The van der Waals surface area contributed by atoms with Crippen LogP contribution >= 0.6 is 0 Å². The summed E-state index contributed by atoms with van der Waals surface area (Å²) in [5.74, 6) is 0.829. The molecule has 1 aromatic heterocycles. The van der Waals surface area contributed by atoms with Gasteiger partial charge < -0.3 is 19.4 Å². The van der Waals surface area contributed by atoms with Gasteiger partial charge in [0, 0.05) is 31.3 Å². The number of carbonyl (C=O) groups excluding carboxylic acids is 1. The Bertz CT molecular complexity index is 563. The first kappa shape index (κ1) is 15.1. The zero-order valence-corrected chi connectivity index (χ0v) is 12.3. The predicted molar refractivity (Wildman–Crippen MR) is 78.6 cm³/mol. The second-order valence-electron chi connectivity index (χ2n) is 5.07. The number of amides is 1. The van der Waals surface area contributed by atoms with Crippen molar-refractivity contribution in [3.8, 4) is 6.07 Å². The van der Waals surface area contributed by atoms with Gasteiger partial charge in [0.2, 0.25) is 0 Å². The van der Waals surface area contributed by atoms with Crippen molar-refractivity contribution in [1.82, 2.24) is 5.32 Å². The first-order valence-corrected chi connectivity index (χ1v) is 6.95. The molecule has 2 rings (SSSR count). The van der Waals surface area contributed by atoms with Gasteiger partial charge in [-0.25, -0.2) is 0 Å². The third-order valence-electron chi connectivity index (χ3n) is 3.01. The zero-order chi connectivity index (χ0) is 15.2. The van der Waals surface area contributed by atoms with Crippen LogP contribution in [0.4, 0.5) is 5.88 Å². The maximum Gasteiger partial charge on any atom is 0.262 e. The Kier molecular flexibility index (Phi) is 5.01. The smallest absolute Gasteiger partial charge is 0.262 e. The van der Waals surface area contributed by atoms with Crippen molar-refractivity contribution in [2.45, 2.75) is 19.9 Å². The standard InChI is InChI=1S/C15H19N3O3/c1-11(2)17-15(19)12(10-16)9-13-3-4-14(21-13)18-5-7-20-8-6-18/h3-4,9,11H,5-8H2,1-2H3,(H,17,19). The molecule has 0 atom stereocenters. The molecular formula is C15H19N3O3. The minimum atomic E-state index is -0.392. The summed E-state index contributed by atoms with van der Waals surface area (Å²) < 4.78 is 11.0. The average molecular weight is 289 g/mol. The van der Waals surface area contributed by atoms with Gasteiger partial charge in [-0.1, -0.05) is 0 Å². The second-order valence-corrected chi connectivity index (χ2v) is 5.07. The van der Waals surface area contributed by atoms with Gasteiger partial charge in [0.15, 0.2) is 5.88 Å². The molecular weight excluding hydrogens is 270 g/mol. The molecule has 6 heteroatoms. The SMILES string of the molecule is CC(C)NC(=O)C(C#N)=Cc1ccc(N2CCOCC2)o1. The summed E-state index contributed by atoms with van der Waals surface area (Å²) >= 11 is 0. The molecule has 0 aromatic carbocycles. The number of morpholine rings is 1. The summed E-state index contributed by atoms with van der Waals surface area (Å²) in [4.78, 5) is 13.9. The van der Waals surface area contributed by atoms with Crippen molar-refractivity contribution >= 4 is 17.9 Å². The molecule has 0 bridgehead atoms. The van der Waals surface area contributed by atoms with Crippen LogP contribution in [0.15, 0.2) is 22.1 Å². The number of furan rings is 1. The van der Waals surface area contributed by atoms with E-state index in [9.17, 15) is 4.79 Å². The Hall–Kier alpha value is -2.26. The lowest BCUT2D eigenvalue weighted by atomic mass is 10.2. The molecule has 1 aliphatic rings. The van der Waals surface area contributed by atoms with Crippen LogP contribution in [0.3, 0.4) is 0 Å². The van der Waals surface area contributed by atoms with E-state index in [-0.39, 0.29) is 11.6 Å². The molecule has 0 radical (unpaired) electrons. The Morgan fingerprint density at radius 3 is 2.76 bits per heavy atom. The van der Waals surface area contributed by atoms with Crippen LogP contribution in [0.25, 0.3) is 6.08 Å². The van der Waals surface area contributed by atoms with Crippen molar-refractivity contribution in [2.24, 2.45) is 0 Å². The molecule has 1 saturated heterocycles. The van der Waals surface area contributed by atoms with E-state index in [1.165, 1.54) is 6.08 Å². The molecule has 1 aromatic rings. The summed E-state index contributed by atoms with van der Waals surface area (Å²) in [5.41, 5.74) is 0.0339. The molecule has 6 nitrogen and oxygen atoms in total. The minimum Gasteiger partial charge on any atom is -0.441 e. The number of nitrogens with zero attached hydrogens (tertiary/aromatic N) is 2. The molecule has 21 heavy (non-hydrogen) atoms. The zero-order valence-electron chi connectivity index (χ0n) is 12.3. The monoisotopic (exact) mass is 289 g/mol. The van der Waals surface area contributed by atoms with E-state index in [0.717, 1.165) is 19.0 Å². The lowest BCUT2D eigenvalue weighted by Crippen LogP contribution is -2.35. The van der Waals surface area contributed by atoms with E-state index in [0.29, 0.717) is 19.0 Å². The predicted octanol–water partition coefficient (Wildman–Crippen LogP) is 1.55. The molecule has 112 valence electrons. The maximum atomic E-state index is 11.8. The lowest BCUT2D eigenvalue weighted by Gasteiger charge is -2.26. The summed E-state index contributed by atoms with van der Waals surface area (Å²) in [6, 6.07) is 5.48. The van der Waals surface area contributed by atoms with Crippen LogP contribution < -0.4 is 10.2 Å². The Labute approximate surface area is 124 Å². The molecule has 1 amide bonds. The number of hydrogen-bond acceptors (Lipinski definition) is 5. The van der Waals surface area contributed by atoms with Gasteiger partial charge in [-0.3, -0.25) is 4.79 Å². The van der Waals surface area contributed by atoms with Crippen LogP contribution in [-0.2, 0) is 9.53 Å². The van der Waals surface area contributed by atoms with Crippen molar-refractivity contribution in [3.05, 3.63) is 23.5 Å². The Morgan fingerprint density at radius 2 is 2.14 bits per heavy atom. The third kappa shape index (κ3) is 4.10. The number of hydrogen-bond donors (Lipinski definition) is 1. The van der Waals surface area contributed by atoms with Gasteiger partial charge in [0.1, 0.15) is 17.4 Å². The topological polar surface area (TPSA) is 78.5 Å². The molecule has 1 aliphatic heterocycles. The van der Waals surface area contributed by atoms with Crippen molar-refractivity contribution in [1.29, 1.82) is 5.26 Å². The summed E-state index contributed by atoms with van der Waals surface area (Å²) in [5, 5.41) is 11.8. The molecule has 1 fully saturated rings. The van der Waals surface area contributed by atoms with E-state index < -0.39 is 5.91 Å². The quantitative estimate of drug-likeness (QED) is 0.672. The Morgan fingerprint density at radius 1 is 1.43 bits per heavy atom. The normalized spacial score (nSPS) is 15.9. The van der Waals surface area contributed by atoms with Crippen LogP contribution in [0.2, 0.25) is 0 Å². The van der Waals surface area contributed by atoms with E-state index in [1.54, 1.807) is 6.07 Å². The second kappa shape index (κ2) is 6.95. The molecule has 0 aliphatic carbocycles. The van der Waals surface area contributed by atoms with E-state index in [1.807, 2.05) is 26.0 Å². The highest BCUT2D eigenvalue weighted by Gasteiger charge is 2.15. The summed E-state index contributed by atoms with van der Waals surface area (Å²) in [6.07, 6.45) is 1.46. The lowest BCUT2D eigenvalue weighted by molar-refractivity contribution is -0.117. The number of carbonyl (C=O) groups is 1. The fourth-order valence-electron chi connectivity index (χ4n) is 2.00. The van der Waals surface area contributed by atoms with Gasteiger partial charge in [0.25, 0.3) is 5.91 Å². The van der Waals surface area contributed by atoms with Gasteiger partial charge in [-0.15, -0.1) is 0 Å². The van der Waals surface area contributed by atoms with Crippen molar-refractivity contribution in [2.75, 3.05) is 31.2 Å².